The molecule has 0 saturated carbocycles. The summed E-state index contributed by atoms with van der Waals surface area (Å²) in [5, 5.41) is 5.87. The minimum atomic E-state index is -0.359. The molecule has 0 unspecified atom stereocenters. The van der Waals surface area contributed by atoms with Crippen LogP contribution in [0.15, 0.2) is 65.8 Å². The van der Waals surface area contributed by atoms with Crippen LogP contribution in [0.25, 0.3) is 10.8 Å². The van der Waals surface area contributed by atoms with Gasteiger partial charge in [0.1, 0.15) is 12.3 Å². The zero-order chi connectivity index (χ0) is 20.2. The second-order valence-corrected chi connectivity index (χ2v) is 6.78. The largest absolute Gasteiger partial charge is 0.494 e. The monoisotopic (exact) mass is 387 g/mol. The van der Waals surface area contributed by atoms with E-state index in [2.05, 4.69) is 17.5 Å². The van der Waals surface area contributed by atoms with Crippen molar-refractivity contribution in [2.24, 2.45) is 5.10 Å². The third kappa shape index (κ3) is 3.82. The van der Waals surface area contributed by atoms with Gasteiger partial charge in [-0.15, -0.1) is 0 Å². The molecule has 1 aliphatic rings. The van der Waals surface area contributed by atoms with Gasteiger partial charge >= 0.3 is 0 Å². The molecule has 0 bridgehead atoms. The van der Waals surface area contributed by atoms with Gasteiger partial charge < -0.3 is 4.74 Å². The van der Waals surface area contributed by atoms with Gasteiger partial charge in [0.25, 0.3) is 11.8 Å². The fourth-order valence-electron chi connectivity index (χ4n) is 3.36. The van der Waals surface area contributed by atoms with Gasteiger partial charge in [0.2, 0.25) is 0 Å². The van der Waals surface area contributed by atoms with Crippen molar-refractivity contribution in [3.05, 3.63) is 71.8 Å². The van der Waals surface area contributed by atoms with Gasteiger partial charge in [-0.1, -0.05) is 31.2 Å². The molecule has 29 heavy (non-hydrogen) atoms. The van der Waals surface area contributed by atoms with Crippen molar-refractivity contribution >= 4 is 34.5 Å². The van der Waals surface area contributed by atoms with Crippen LogP contribution in [0.1, 0.15) is 29.3 Å². The number of amides is 2. The number of hydrogen-bond donors (Lipinski definition) is 1. The average molecular weight is 387 g/mol. The van der Waals surface area contributed by atoms with Gasteiger partial charge in [-0.05, 0) is 53.8 Å². The van der Waals surface area contributed by atoms with E-state index in [0.717, 1.165) is 34.2 Å². The van der Waals surface area contributed by atoms with Gasteiger partial charge in [-0.3, -0.25) is 14.5 Å². The topological polar surface area (TPSA) is 71.0 Å². The number of nitrogens with zero attached hydrogens (tertiary/aromatic N) is 2. The number of anilines is 1. The van der Waals surface area contributed by atoms with E-state index in [9.17, 15) is 9.59 Å². The molecule has 2 amide bonds. The molecular weight excluding hydrogens is 366 g/mol. The lowest BCUT2D eigenvalue weighted by atomic mass is 10.1. The summed E-state index contributed by atoms with van der Waals surface area (Å²) in [5.74, 6) is 0.273. The molecule has 0 atom stereocenters. The molecule has 0 spiro atoms. The predicted octanol–water partition coefficient (Wildman–Crippen LogP) is 3.74. The Hall–Kier alpha value is -3.67. The summed E-state index contributed by atoms with van der Waals surface area (Å²) >= 11 is 0. The summed E-state index contributed by atoms with van der Waals surface area (Å²) in [7, 11) is 0. The highest BCUT2D eigenvalue weighted by molar-refractivity contribution is 6.26. The van der Waals surface area contributed by atoms with E-state index in [1.165, 1.54) is 4.90 Å². The van der Waals surface area contributed by atoms with E-state index in [1.54, 1.807) is 12.3 Å². The van der Waals surface area contributed by atoms with Crippen LogP contribution in [0.5, 0.6) is 5.75 Å². The highest BCUT2D eigenvalue weighted by Crippen LogP contribution is 2.36. The zero-order valence-corrected chi connectivity index (χ0v) is 16.1. The fourth-order valence-corrected chi connectivity index (χ4v) is 3.36. The van der Waals surface area contributed by atoms with Gasteiger partial charge in [0, 0.05) is 10.9 Å². The molecule has 3 aromatic carbocycles. The van der Waals surface area contributed by atoms with Gasteiger partial charge in [0.15, 0.2) is 0 Å². The maximum atomic E-state index is 12.7. The maximum absolute atomic E-state index is 12.7. The summed E-state index contributed by atoms with van der Waals surface area (Å²) in [5.41, 5.74) is 4.71. The van der Waals surface area contributed by atoms with Crippen molar-refractivity contribution in [2.75, 3.05) is 18.1 Å². The van der Waals surface area contributed by atoms with Crippen molar-refractivity contribution in [3.63, 3.8) is 0 Å². The van der Waals surface area contributed by atoms with Crippen molar-refractivity contribution < 1.29 is 14.3 Å². The van der Waals surface area contributed by atoms with E-state index in [0.29, 0.717) is 12.2 Å². The molecule has 0 aliphatic carbocycles. The van der Waals surface area contributed by atoms with Crippen LogP contribution in [-0.2, 0) is 4.79 Å². The molecule has 0 radical (unpaired) electrons. The Morgan fingerprint density at radius 1 is 1.10 bits per heavy atom. The van der Waals surface area contributed by atoms with Crippen molar-refractivity contribution in [1.29, 1.82) is 0 Å². The van der Waals surface area contributed by atoms with Crippen LogP contribution in [0.4, 0.5) is 5.69 Å². The van der Waals surface area contributed by atoms with Gasteiger partial charge in [0.05, 0.1) is 18.5 Å². The van der Waals surface area contributed by atoms with Crippen LogP contribution >= 0.6 is 0 Å². The third-order valence-electron chi connectivity index (χ3n) is 4.71. The lowest BCUT2D eigenvalue weighted by molar-refractivity contribution is -0.119. The van der Waals surface area contributed by atoms with Crippen LogP contribution in [-0.4, -0.2) is 31.2 Å². The molecule has 1 heterocycles. The standard InChI is InChI=1S/C23H21N3O3/c1-2-13-29-18-11-9-16(10-12-18)14-24-25-21(27)15-26-20-8-4-6-17-5-3-7-19(22(17)20)23(26)28/h3-12,14H,2,13,15H2,1H3,(H,25,27)/b24-14-. The lowest BCUT2D eigenvalue weighted by Crippen LogP contribution is -2.37. The highest BCUT2D eigenvalue weighted by atomic mass is 16.5. The predicted molar refractivity (Wildman–Crippen MR) is 114 cm³/mol. The number of hydrogen-bond acceptors (Lipinski definition) is 4. The Morgan fingerprint density at radius 2 is 1.86 bits per heavy atom. The quantitative estimate of drug-likeness (QED) is 0.496. The van der Waals surface area contributed by atoms with Crippen molar-refractivity contribution in [1.82, 2.24) is 5.43 Å². The molecule has 1 aliphatic heterocycles. The minimum absolute atomic E-state index is 0.0895. The first-order valence-electron chi connectivity index (χ1n) is 9.56. The smallest absolute Gasteiger partial charge is 0.260 e. The Morgan fingerprint density at radius 3 is 2.62 bits per heavy atom. The molecule has 3 aromatic rings. The number of hydrazone groups is 1. The molecule has 146 valence electrons. The number of ether oxygens (including phenoxy) is 1. The maximum Gasteiger partial charge on any atom is 0.260 e. The molecule has 0 saturated heterocycles. The molecule has 0 fully saturated rings. The summed E-state index contributed by atoms with van der Waals surface area (Å²) in [6.45, 7) is 2.64. The second-order valence-electron chi connectivity index (χ2n) is 6.78. The summed E-state index contributed by atoms with van der Waals surface area (Å²) in [6.07, 6.45) is 2.51. The first-order chi connectivity index (χ1) is 14.2. The Bertz CT molecular complexity index is 1080. The SMILES string of the molecule is CCCOc1ccc(/C=N\NC(=O)CN2C(=O)c3cccc4cccc2c34)cc1. The van der Waals surface area contributed by atoms with Crippen molar-refractivity contribution in [3.8, 4) is 5.75 Å². The summed E-state index contributed by atoms with van der Waals surface area (Å²) < 4.78 is 5.54. The summed E-state index contributed by atoms with van der Waals surface area (Å²) in [6, 6.07) is 18.8. The molecule has 0 aromatic heterocycles. The molecule has 4 rings (SSSR count). The Labute approximate surface area is 168 Å². The second kappa shape index (κ2) is 8.14. The third-order valence-corrected chi connectivity index (χ3v) is 4.71. The van der Waals surface area contributed by atoms with Crippen LogP contribution in [0.3, 0.4) is 0 Å². The van der Waals surface area contributed by atoms with Crippen molar-refractivity contribution in [2.45, 2.75) is 13.3 Å². The number of carbonyl (C=O) groups is 2. The molecule has 1 N–H and O–H groups in total. The van der Waals surface area contributed by atoms with E-state index in [-0.39, 0.29) is 18.4 Å². The van der Waals surface area contributed by atoms with Gasteiger partial charge in [-0.2, -0.15) is 5.10 Å². The van der Waals surface area contributed by atoms with Crippen LogP contribution in [0.2, 0.25) is 0 Å². The number of nitrogens with one attached hydrogen (secondary N) is 1. The van der Waals surface area contributed by atoms with E-state index < -0.39 is 0 Å². The molecule has 6 heteroatoms. The van der Waals surface area contributed by atoms with E-state index in [4.69, 9.17) is 4.74 Å². The highest BCUT2D eigenvalue weighted by Gasteiger charge is 2.30. The fraction of sp³-hybridized carbons (Fsp3) is 0.174. The van der Waals surface area contributed by atoms with E-state index in [1.807, 2.05) is 54.6 Å². The zero-order valence-electron chi connectivity index (χ0n) is 16.1. The lowest BCUT2D eigenvalue weighted by Gasteiger charge is -2.16. The average Bonchev–Trinajstić information content (AvgIpc) is 3.01. The first-order valence-corrected chi connectivity index (χ1v) is 9.56. The van der Waals surface area contributed by atoms with Crippen LogP contribution in [0, 0.1) is 0 Å². The molecular formula is C23H21N3O3. The number of carbonyl (C=O) groups excluding carboxylic acids is 2. The molecule has 6 nitrogen and oxygen atoms in total. The Balaban J connectivity index is 1.39. The number of benzene rings is 3. The number of rotatable bonds is 7. The van der Waals surface area contributed by atoms with E-state index >= 15 is 0 Å². The Kier molecular flexibility index (Phi) is 5.24. The normalized spacial score (nSPS) is 12.7. The van der Waals surface area contributed by atoms with Gasteiger partial charge in [-0.25, -0.2) is 5.43 Å². The summed E-state index contributed by atoms with van der Waals surface area (Å²) in [4.78, 5) is 26.5. The minimum Gasteiger partial charge on any atom is -0.494 e. The van der Waals surface area contributed by atoms with Crippen LogP contribution < -0.4 is 15.1 Å². The first kappa shape index (κ1) is 18.7.